The second-order valence-corrected chi connectivity index (χ2v) is 7.59. The first-order valence-corrected chi connectivity index (χ1v) is 9.47. The van der Waals surface area contributed by atoms with Crippen molar-refractivity contribution >= 4 is 17.6 Å². The van der Waals surface area contributed by atoms with E-state index < -0.39 is 5.97 Å². The third-order valence-electron chi connectivity index (χ3n) is 5.77. The zero-order chi connectivity index (χ0) is 19.0. The molecule has 0 radical (unpaired) electrons. The summed E-state index contributed by atoms with van der Waals surface area (Å²) in [7, 11) is 0. The SMILES string of the molecule is CC1Cc2ccccc2N1Cc1occc1C(=O)N[C@@H]1CC[C@H](C(=O)O)C1. The molecule has 1 aromatic heterocycles. The molecule has 2 aliphatic rings. The number of amides is 1. The maximum atomic E-state index is 12.7. The molecule has 142 valence electrons. The number of carboxylic acids is 1. The summed E-state index contributed by atoms with van der Waals surface area (Å²) in [5.41, 5.74) is 3.03. The molecule has 27 heavy (non-hydrogen) atoms. The van der Waals surface area contributed by atoms with Crippen LogP contribution in [0.2, 0.25) is 0 Å². The molecule has 0 bridgehead atoms. The van der Waals surface area contributed by atoms with E-state index in [4.69, 9.17) is 9.52 Å². The lowest BCUT2D eigenvalue weighted by Gasteiger charge is -2.24. The number of para-hydroxylation sites is 1. The van der Waals surface area contributed by atoms with E-state index in [2.05, 4.69) is 29.3 Å². The van der Waals surface area contributed by atoms with Crippen LogP contribution in [0.15, 0.2) is 41.0 Å². The Bertz CT molecular complexity index is 859. The van der Waals surface area contributed by atoms with Crippen LogP contribution < -0.4 is 10.2 Å². The number of benzene rings is 1. The van der Waals surface area contributed by atoms with Crippen LogP contribution in [0.1, 0.15) is 47.9 Å². The molecule has 6 heteroatoms. The van der Waals surface area contributed by atoms with E-state index in [-0.39, 0.29) is 17.9 Å². The predicted molar refractivity (Wildman–Crippen MR) is 101 cm³/mol. The van der Waals surface area contributed by atoms with Crippen molar-refractivity contribution in [2.45, 2.75) is 51.2 Å². The van der Waals surface area contributed by atoms with E-state index in [1.54, 1.807) is 12.3 Å². The van der Waals surface area contributed by atoms with Gasteiger partial charge in [-0.25, -0.2) is 0 Å². The fourth-order valence-corrected chi connectivity index (χ4v) is 4.29. The van der Waals surface area contributed by atoms with Gasteiger partial charge in [0.2, 0.25) is 0 Å². The Morgan fingerprint density at radius 3 is 2.85 bits per heavy atom. The maximum Gasteiger partial charge on any atom is 0.306 e. The minimum absolute atomic E-state index is 0.0900. The second kappa shape index (κ2) is 7.10. The lowest BCUT2D eigenvalue weighted by atomic mass is 10.1. The Hall–Kier alpha value is -2.76. The van der Waals surface area contributed by atoms with Gasteiger partial charge in [0, 0.05) is 17.8 Å². The lowest BCUT2D eigenvalue weighted by Crippen LogP contribution is -2.34. The molecular weight excluding hydrogens is 344 g/mol. The molecule has 0 saturated heterocycles. The Kier molecular flexibility index (Phi) is 4.64. The van der Waals surface area contributed by atoms with Gasteiger partial charge in [-0.05, 0) is 50.3 Å². The van der Waals surface area contributed by atoms with Gasteiger partial charge in [0.15, 0.2) is 0 Å². The number of fused-ring (bicyclic) bond motifs is 1. The molecule has 1 saturated carbocycles. The van der Waals surface area contributed by atoms with E-state index in [1.807, 2.05) is 12.1 Å². The fraction of sp³-hybridized carbons (Fsp3) is 0.429. The average molecular weight is 368 g/mol. The minimum Gasteiger partial charge on any atom is -0.481 e. The summed E-state index contributed by atoms with van der Waals surface area (Å²) < 4.78 is 5.64. The number of hydrogen-bond acceptors (Lipinski definition) is 4. The molecule has 1 fully saturated rings. The van der Waals surface area contributed by atoms with Gasteiger partial charge in [0.05, 0.1) is 24.3 Å². The van der Waals surface area contributed by atoms with E-state index in [1.165, 1.54) is 11.3 Å². The van der Waals surface area contributed by atoms with Gasteiger partial charge in [-0.15, -0.1) is 0 Å². The summed E-state index contributed by atoms with van der Waals surface area (Å²) in [5.74, 6) is -0.683. The highest BCUT2D eigenvalue weighted by Gasteiger charge is 2.32. The largest absolute Gasteiger partial charge is 0.481 e. The summed E-state index contributed by atoms with van der Waals surface area (Å²) in [6.45, 7) is 2.71. The summed E-state index contributed by atoms with van der Waals surface area (Å²) in [5, 5.41) is 12.1. The number of hydrogen-bond donors (Lipinski definition) is 2. The number of nitrogens with one attached hydrogen (secondary N) is 1. The molecule has 3 atom stereocenters. The number of furan rings is 1. The van der Waals surface area contributed by atoms with Crippen LogP contribution in [-0.4, -0.2) is 29.1 Å². The minimum atomic E-state index is -0.780. The molecule has 2 heterocycles. The monoisotopic (exact) mass is 368 g/mol. The van der Waals surface area contributed by atoms with Gasteiger partial charge in [-0.3, -0.25) is 9.59 Å². The standard InChI is InChI=1S/C21H24N2O4/c1-13-10-14-4-2-3-5-18(14)23(13)12-19-17(8-9-27-19)20(24)22-16-7-6-15(11-16)21(25)26/h2-5,8-9,13,15-16H,6-7,10-12H2,1H3,(H,22,24)(H,25,26)/t13?,15-,16+/m0/s1. The first-order valence-electron chi connectivity index (χ1n) is 9.47. The van der Waals surface area contributed by atoms with Gasteiger partial charge in [0.1, 0.15) is 5.76 Å². The predicted octanol–water partition coefficient (Wildman–Crippen LogP) is 3.21. The summed E-state index contributed by atoms with van der Waals surface area (Å²) >= 11 is 0. The third kappa shape index (κ3) is 3.44. The molecule has 2 N–H and O–H groups in total. The quantitative estimate of drug-likeness (QED) is 0.847. The Morgan fingerprint density at radius 1 is 1.26 bits per heavy atom. The van der Waals surface area contributed by atoms with Crippen LogP contribution in [0.25, 0.3) is 0 Å². The van der Waals surface area contributed by atoms with E-state index in [9.17, 15) is 9.59 Å². The molecule has 1 unspecified atom stereocenters. The van der Waals surface area contributed by atoms with Crippen molar-refractivity contribution in [1.82, 2.24) is 5.32 Å². The van der Waals surface area contributed by atoms with Crippen LogP contribution in [0.3, 0.4) is 0 Å². The van der Waals surface area contributed by atoms with E-state index >= 15 is 0 Å². The summed E-state index contributed by atoms with van der Waals surface area (Å²) in [6.07, 6.45) is 4.33. The third-order valence-corrected chi connectivity index (χ3v) is 5.77. The average Bonchev–Trinajstić information content (AvgIpc) is 3.35. The first kappa shape index (κ1) is 17.6. The summed E-state index contributed by atoms with van der Waals surface area (Å²) in [6, 6.07) is 10.3. The van der Waals surface area contributed by atoms with Crippen molar-refractivity contribution in [3.63, 3.8) is 0 Å². The normalized spacial score (nSPS) is 24.0. The topological polar surface area (TPSA) is 82.8 Å². The van der Waals surface area contributed by atoms with Crippen molar-refractivity contribution in [3.05, 3.63) is 53.5 Å². The Labute approximate surface area is 158 Å². The highest BCUT2D eigenvalue weighted by atomic mass is 16.4. The number of carboxylic acid groups (broad SMARTS) is 1. The van der Waals surface area contributed by atoms with Crippen molar-refractivity contribution < 1.29 is 19.1 Å². The van der Waals surface area contributed by atoms with Crippen LogP contribution in [0.5, 0.6) is 0 Å². The van der Waals surface area contributed by atoms with E-state index in [0.717, 1.165) is 6.42 Å². The van der Waals surface area contributed by atoms with Crippen molar-refractivity contribution in [1.29, 1.82) is 0 Å². The van der Waals surface area contributed by atoms with Gasteiger partial charge >= 0.3 is 5.97 Å². The van der Waals surface area contributed by atoms with Gasteiger partial charge in [-0.1, -0.05) is 18.2 Å². The van der Waals surface area contributed by atoms with Gasteiger partial charge in [-0.2, -0.15) is 0 Å². The molecular formula is C21H24N2O4. The molecule has 2 aromatic rings. The van der Waals surface area contributed by atoms with E-state index in [0.29, 0.717) is 43.2 Å². The fourth-order valence-electron chi connectivity index (χ4n) is 4.29. The second-order valence-electron chi connectivity index (χ2n) is 7.59. The number of rotatable bonds is 5. The molecule has 4 rings (SSSR count). The number of aliphatic carboxylic acids is 1. The van der Waals surface area contributed by atoms with Crippen molar-refractivity contribution in [3.8, 4) is 0 Å². The lowest BCUT2D eigenvalue weighted by molar-refractivity contribution is -0.141. The first-order chi connectivity index (χ1) is 13.0. The number of nitrogens with zero attached hydrogens (tertiary/aromatic N) is 1. The van der Waals surface area contributed by atoms with Crippen molar-refractivity contribution in [2.24, 2.45) is 5.92 Å². The zero-order valence-corrected chi connectivity index (χ0v) is 15.4. The highest BCUT2D eigenvalue weighted by molar-refractivity contribution is 5.95. The molecule has 1 aliphatic heterocycles. The Balaban J connectivity index is 1.46. The zero-order valence-electron chi connectivity index (χ0n) is 15.4. The number of carbonyl (C=O) groups excluding carboxylic acids is 1. The number of carbonyl (C=O) groups is 2. The Morgan fingerprint density at radius 2 is 2.07 bits per heavy atom. The van der Waals surface area contributed by atoms with Crippen LogP contribution in [0, 0.1) is 5.92 Å². The molecule has 1 aliphatic carbocycles. The highest BCUT2D eigenvalue weighted by Crippen LogP contribution is 2.33. The van der Waals surface area contributed by atoms with Crippen LogP contribution >= 0.6 is 0 Å². The molecule has 1 amide bonds. The summed E-state index contributed by atoms with van der Waals surface area (Å²) in [4.78, 5) is 26.1. The van der Waals surface area contributed by atoms with Gasteiger partial charge < -0.3 is 19.7 Å². The molecule has 1 aromatic carbocycles. The molecule has 6 nitrogen and oxygen atoms in total. The smallest absolute Gasteiger partial charge is 0.306 e. The van der Waals surface area contributed by atoms with Gasteiger partial charge in [0.25, 0.3) is 5.91 Å². The molecule has 0 spiro atoms. The maximum absolute atomic E-state index is 12.7. The van der Waals surface area contributed by atoms with Crippen LogP contribution in [-0.2, 0) is 17.8 Å². The van der Waals surface area contributed by atoms with Crippen LogP contribution in [0.4, 0.5) is 5.69 Å². The number of anilines is 1. The van der Waals surface area contributed by atoms with Crippen molar-refractivity contribution in [2.75, 3.05) is 4.90 Å².